The lowest BCUT2D eigenvalue weighted by Gasteiger charge is -2.31. The number of H-pyrrole nitrogens is 1. The van der Waals surface area contributed by atoms with E-state index in [1.165, 1.54) is 18.2 Å². The Labute approximate surface area is 174 Å². The summed E-state index contributed by atoms with van der Waals surface area (Å²) in [5.41, 5.74) is 0.889. The van der Waals surface area contributed by atoms with E-state index in [1.54, 1.807) is 41.3 Å². The predicted octanol–water partition coefficient (Wildman–Crippen LogP) is 2.56. The molecule has 0 saturated carbocycles. The Morgan fingerprint density at radius 3 is 2.43 bits per heavy atom. The van der Waals surface area contributed by atoms with E-state index in [4.69, 9.17) is 0 Å². The maximum atomic E-state index is 13.2. The summed E-state index contributed by atoms with van der Waals surface area (Å²) in [5.74, 6) is -0.241. The molecule has 30 heavy (non-hydrogen) atoms. The number of hydrogen-bond acceptors (Lipinski definition) is 4. The van der Waals surface area contributed by atoms with Crippen LogP contribution in [0.5, 0.6) is 0 Å². The summed E-state index contributed by atoms with van der Waals surface area (Å²) in [5, 5.41) is 0.594. The number of pyridine rings is 1. The lowest BCUT2D eigenvalue weighted by molar-refractivity contribution is -0.134. The van der Waals surface area contributed by atoms with Crippen molar-refractivity contribution >= 4 is 26.8 Å². The van der Waals surface area contributed by atoms with Gasteiger partial charge in [-0.3, -0.25) is 9.59 Å². The van der Waals surface area contributed by atoms with Crippen LogP contribution in [0.1, 0.15) is 30.9 Å². The van der Waals surface area contributed by atoms with Gasteiger partial charge in [0, 0.05) is 24.7 Å². The van der Waals surface area contributed by atoms with Crippen LogP contribution in [0.4, 0.5) is 0 Å². The highest BCUT2D eigenvalue weighted by Gasteiger charge is 2.31. The predicted molar refractivity (Wildman–Crippen MR) is 115 cm³/mol. The summed E-state index contributed by atoms with van der Waals surface area (Å²) in [6, 6.07) is 15.3. The molecule has 0 radical (unpaired) electrons. The van der Waals surface area contributed by atoms with Crippen molar-refractivity contribution in [1.82, 2.24) is 14.6 Å². The van der Waals surface area contributed by atoms with Crippen LogP contribution in [-0.4, -0.2) is 37.3 Å². The number of aromatic amines is 1. The van der Waals surface area contributed by atoms with E-state index in [0.29, 0.717) is 29.6 Å². The molecule has 1 atom stereocenters. The number of carbonyl (C=O) groups excluding carboxylic acids is 1. The van der Waals surface area contributed by atoms with E-state index in [9.17, 15) is 18.0 Å². The van der Waals surface area contributed by atoms with Crippen LogP contribution >= 0.6 is 0 Å². The minimum absolute atomic E-state index is 0.0365. The Bertz CT molecular complexity index is 1220. The van der Waals surface area contributed by atoms with Crippen LogP contribution in [0.25, 0.3) is 10.9 Å². The minimum atomic E-state index is -3.98. The Kier molecular flexibility index (Phi) is 5.69. The second-order valence-electron chi connectivity index (χ2n) is 7.42. The number of aromatic nitrogens is 1. The van der Waals surface area contributed by atoms with Gasteiger partial charge >= 0.3 is 0 Å². The second-order valence-corrected chi connectivity index (χ2v) is 9.14. The summed E-state index contributed by atoms with van der Waals surface area (Å²) < 4.78 is 28.9. The van der Waals surface area contributed by atoms with E-state index < -0.39 is 16.1 Å². The lowest BCUT2D eigenvalue weighted by atomic mass is 10.0. The number of sulfonamides is 1. The van der Waals surface area contributed by atoms with Crippen molar-refractivity contribution in [2.75, 3.05) is 13.1 Å². The van der Waals surface area contributed by atoms with E-state index in [1.807, 2.05) is 6.07 Å². The molecule has 1 aliphatic heterocycles. The quantitative estimate of drug-likeness (QED) is 0.656. The molecule has 1 fully saturated rings. The molecular weight excluding hydrogens is 402 g/mol. The van der Waals surface area contributed by atoms with Gasteiger partial charge < -0.3 is 9.88 Å². The first-order valence-electron chi connectivity index (χ1n) is 9.93. The van der Waals surface area contributed by atoms with Crippen molar-refractivity contribution in [1.29, 1.82) is 0 Å². The van der Waals surface area contributed by atoms with Gasteiger partial charge in [0.25, 0.3) is 0 Å². The molecule has 1 amide bonds. The highest BCUT2D eigenvalue weighted by molar-refractivity contribution is 7.89. The topological polar surface area (TPSA) is 99.3 Å². The molecule has 8 heteroatoms. The largest absolute Gasteiger partial charge is 0.341 e. The molecule has 0 spiro atoms. The normalized spacial score (nSPS) is 15.8. The number of hydrogen-bond donors (Lipinski definition) is 2. The first-order chi connectivity index (χ1) is 14.4. The van der Waals surface area contributed by atoms with Gasteiger partial charge in [0.1, 0.15) is 6.04 Å². The molecule has 1 saturated heterocycles. The van der Waals surface area contributed by atoms with Crippen molar-refractivity contribution < 1.29 is 13.2 Å². The van der Waals surface area contributed by atoms with E-state index in [2.05, 4.69) is 9.71 Å². The molecular formula is C22H23N3O4S. The number of amides is 1. The van der Waals surface area contributed by atoms with Gasteiger partial charge in [0.05, 0.1) is 4.90 Å². The molecule has 1 aliphatic rings. The van der Waals surface area contributed by atoms with Crippen LogP contribution < -0.4 is 10.3 Å². The van der Waals surface area contributed by atoms with Gasteiger partial charge in [-0.1, -0.05) is 30.3 Å². The summed E-state index contributed by atoms with van der Waals surface area (Å²) in [4.78, 5) is 29.1. The molecule has 156 valence electrons. The highest BCUT2D eigenvalue weighted by Crippen LogP contribution is 2.23. The van der Waals surface area contributed by atoms with Crippen LogP contribution in [0.3, 0.4) is 0 Å². The average molecular weight is 426 g/mol. The fourth-order valence-electron chi connectivity index (χ4n) is 3.73. The summed E-state index contributed by atoms with van der Waals surface area (Å²) >= 11 is 0. The highest BCUT2D eigenvalue weighted by atomic mass is 32.2. The Morgan fingerprint density at radius 2 is 1.70 bits per heavy atom. The average Bonchev–Trinajstić information content (AvgIpc) is 2.78. The standard InChI is InChI=1S/C22H23N3O4S/c26-20-12-9-17-15-18(10-11-19(17)23-20)30(28,29)24-21(16-7-3-1-4-8-16)22(27)25-13-5-2-6-14-25/h1,3-4,7-12,15,21,24H,2,5-6,13-14H2,(H,23,26)/t21-/m0/s1. The smallest absolute Gasteiger partial charge is 0.248 e. The maximum absolute atomic E-state index is 13.2. The number of carbonyl (C=O) groups is 1. The minimum Gasteiger partial charge on any atom is -0.341 e. The van der Waals surface area contributed by atoms with E-state index >= 15 is 0 Å². The number of fused-ring (bicyclic) bond motifs is 1. The number of likely N-dealkylation sites (tertiary alicyclic amines) is 1. The Balaban J connectivity index is 1.68. The number of nitrogens with one attached hydrogen (secondary N) is 2. The zero-order valence-corrected chi connectivity index (χ0v) is 17.2. The fourth-order valence-corrected chi connectivity index (χ4v) is 4.94. The van der Waals surface area contributed by atoms with E-state index in [-0.39, 0.29) is 16.4 Å². The van der Waals surface area contributed by atoms with Gasteiger partial charge in [-0.2, -0.15) is 4.72 Å². The van der Waals surface area contributed by atoms with Crippen molar-refractivity contribution in [2.45, 2.75) is 30.2 Å². The van der Waals surface area contributed by atoms with Crippen LogP contribution in [-0.2, 0) is 14.8 Å². The molecule has 7 nitrogen and oxygen atoms in total. The number of piperidine rings is 1. The molecule has 3 aromatic rings. The molecule has 4 rings (SSSR count). The molecule has 0 bridgehead atoms. The monoisotopic (exact) mass is 425 g/mol. The Morgan fingerprint density at radius 1 is 0.967 bits per heavy atom. The Hall–Kier alpha value is -2.97. The van der Waals surface area contributed by atoms with E-state index in [0.717, 1.165) is 19.3 Å². The third kappa shape index (κ3) is 4.29. The molecule has 0 unspecified atom stereocenters. The van der Waals surface area contributed by atoms with Gasteiger partial charge in [0.2, 0.25) is 21.5 Å². The molecule has 2 N–H and O–H groups in total. The van der Waals surface area contributed by atoms with Gasteiger partial charge in [0.15, 0.2) is 0 Å². The van der Waals surface area contributed by atoms with Crippen LogP contribution in [0, 0.1) is 0 Å². The fraction of sp³-hybridized carbons (Fsp3) is 0.273. The zero-order chi connectivity index (χ0) is 21.1. The maximum Gasteiger partial charge on any atom is 0.248 e. The van der Waals surface area contributed by atoms with Crippen molar-refractivity contribution in [3.8, 4) is 0 Å². The molecule has 0 aliphatic carbocycles. The van der Waals surface area contributed by atoms with Gasteiger partial charge in [-0.15, -0.1) is 0 Å². The van der Waals surface area contributed by atoms with Crippen molar-refractivity contribution in [3.05, 3.63) is 76.6 Å². The lowest BCUT2D eigenvalue weighted by Crippen LogP contribution is -2.44. The number of rotatable bonds is 5. The molecule has 2 aromatic carbocycles. The number of nitrogens with zero attached hydrogens (tertiary/aromatic N) is 1. The molecule has 1 aromatic heterocycles. The summed E-state index contributed by atoms with van der Waals surface area (Å²) in [6.45, 7) is 1.26. The van der Waals surface area contributed by atoms with Crippen molar-refractivity contribution in [3.63, 3.8) is 0 Å². The first-order valence-corrected chi connectivity index (χ1v) is 11.4. The van der Waals surface area contributed by atoms with Gasteiger partial charge in [-0.25, -0.2) is 8.42 Å². The third-order valence-corrected chi connectivity index (χ3v) is 6.75. The second kappa shape index (κ2) is 8.41. The molecule has 2 heterocycles. The zero-order valence-electron chi connectivity index (χ0n) is 16.4. The third-order valence-electron chi connectivity index (χ3n) is 5.33. The number of benzene rings is 2. The SMILES string of the molecule is O=C([C@@H](NS(=O)(=O)c1ccc2[nH]c(=O)ccc2c1)c1ccccc1)N1CCCCC1. The van der Waals surface area contributed by atoms with Crippen LogP contribution in [0.15, 0.2) is 70.4 Å². The summed E-state index contributed by atoms with van der Waals surface area (Å²) in [7, 11) is -3.98. The van der Waals surface area contributed by atoms with Gasteiger partial charge in [-0.05, 0) is 54.5 Å². The van der Waals surface area contributed by atoms with Crippen molar-refractivity contribution in [2.24, 2.45) is 0 Å². The summed E-state index contributed by atoms with van der Waals surface area (Å²) in [6.07, 6.45) is 2.91. The van der Waals surface area contributed by atoms with Crippen LogP contribution in [0.2, 0.25) is 0 Å². The first kappa shape index (κ1) is 20.3.